The maximum absolute atomic E-state index is 13.0. The molecule has 3 aromatic rings. The fraction of sp³-hybridized carbons (Fsp3) is 0.206. The van der Waals surface area contributed by atoms with Crippen LogP contribution in [0.25, 0.3) is 0 Å². The van der Waals surface area contributed by atoms with E-state index < -0.39 is 22.8 Å². The third-order valence-corrected chi connectivity index (χ3v) is 5.81. The molecule has 3 N–H and O–H groups in total. The van der Waals surface area contributed by atoms with Gasteiger partial charge in [-0.3, -0.25) is 9.78 Å². The van der Waals surface area contributed by atoms with Crippen molar-refractivity contribution in [3.63, 3.8) is 0 Å². The Balaban J connectivity index is 0.000000900. The van der Waals surface area contributed by atoms with E-state index in [1.54, 1.807) is 37.3 Å². The van der Waals surface area contributed by atoms with Gasteiger partial charge >= 0.3 is 12.2 Å². The first-order chi connectivity index (χ1) is 21.4. The van der Waals surface area contributed by atoms with E-state index >= 15 is 0 Å². The van der Waals surface area contributed by atoms with Gasteiger partial charge in [0, 0.05) is 30.2 Å². The van der Waals surface area contributed by atoms with Gasteiger partial charge in [0.05, 0.1) is 10.6 Å². The Morgan fingerprint density at radius 2 is 1.67 bits per heavy atom. The number of aromatic nitrogens is 1. The Bertz CT molecular complexity index is 1660. The summed E-state index contributed by atoms with van der Waals surface area (Å²) in [6.45, 7) is 8.07. The Hall–Kier alpha value is -5.37. The summed E-state index contributed by atoms with van der Waals surface area (Å²) >= 11 is 5.60. The number of rotatable bonds is 10. The Labute approximate surface area is 265 Å². The van der Waals surface area contributed by atoms with E-state index in [0.29, 0.717) is 23.7 Å². The molecule has 0 bridgehead atoms. The minimum Gasteiger partial charge on any atom is -0.457 e. The third-order valence-electron chi connectivity index (χ3n) is 5.48. The van der Waals surface area contributed by atoms with Crippen LogP contribution in [0.15, 0.2) is 72.9 Å². The van der Waals surface area contributed by atoms with Crippen molar-refractivity contribution in [2.45, 2.75) is 39.3 Å². The van der Waals surface area contributed by atoms with Crippen molar-refractivity contribution in [1.29, 1.82) is 0 Å². The van der Waals surface area contributed by atoms with Gasteiger partial charge in [-0.25, -0.2) is 4.79 Å². The van der Waals surface area contributed by atoms with E-state index in [2.05, 4.69) is 57.1 Å². The van der Waals surface area contributed by atoms with Crippen LogP contribution in [0, 0.1) is 36.0 Å². The summed E-state index contributed by atoms with van der Waals surface area (Å²) < 4.78 is 44.8. The van der Waals surface area contributed by atoms with Gasteiger partial charge < -0.3 is 20.7 Å². The van der Waals surface area contributed by atoms with Crippen LogP contribution in [-0.4, -0.2) is 23.5 Å². The molecule has 2 aromatic carbocycles. The Morgan fingerprint density at radius 1 is 0.978 bits per heavy atom. The number of allylic oxidation sites excluding steroid dienone is 1. The summed E-state index contributed by atoms with van der Waals surface area (Å²) in [6, 6.07) is 11.7. The van der Waals surface area contributed by atoms with Gasteiger partial charge in [-0.1, -0.05) is 23.1 Å². The van der Waals surface area contributed by atoms with E-state index in [0.717, 1.165) is 37.0 Å². The van der Waals surface area contributed by atoms with E-state index in [1.165, 1.54) is 18.3 Å². The Kier molecular flexibility index (Phi) is 14.6. The van der Waals surface area contributed by atoms with Crippen LogP contribution in [-0.2, 0) is 6.18 Å². The second kappa shape index (κ2) is 18.3. The molecule has 1 aromatic heterocycles. The number of urea groups is 1. The normalized spacial score (nSPS) is 9.80. The summed E-state index contributed by atoms with van der Waals surface area (Å²) in [4.78, 5) is 28.7. The zero-order valence-corrected chi connectivity index (χ0v) is 25.3. The SMILES string of the molecule is C#CC#CC#CC.C=C(C)CCCCNC(=O)c1cc(Oc2ccc(NC(=O)Nc3ccc(Cl)c(C(F)(F)F)c3)cc2)ccn1. The molecule has 0 aliphatic rings. The molecule has 0 saturated carbocycles. The molecule has 3 rings (SSSR count). The number of ether oxygens (including phenoxy) is 1. The predicted octanol–water partition coefficient (Wildman–Crippen LogP) is 8.31. The minimum atomic E-state index is -4.65. The Morgan fingerprint density at radius 3 is 2.31 bits per heavy atom. The number of nitrogens with one attached hydrogen (secondary N) is 3. The lowest BCUT2D eigenvalue weighted by Crippen LogP contribution is -2.25. The van der Waals surface area contributed by atoms with Crippen LogP contribution < -0.4 is 20.7 Å². The molecule has 45 heavy (non-hydrogen) atoms. The second-order valence-electron chi connectivity index (χ2n) is 9.21. The van der Waals surface area contributed by atoms with Gasteiger partial charge in [0.2, 0.25) is 0 Å². The highest BCUT2D eigenvalue weighted by molar-refractivity contribution is 6.31. The number of alkyl halides is 3. The number of pyridine rings is 1. The maximum Gasteiger partial charge on any atom is 0.417 e. The average Bonchev–Trinajstić information content (AvgIpc) is 2.99. The molecule has 232 valence electrons. The number of terminal acetylenes is 1. The molecule has 0 spiro atoms. The molecule has 3 amide bonds. The standard InChI is InChI=1S/C27H26ClF3N4O3.C7H4/c1-17(2)5-3-4-13-33-25(36)24-16-21(12-14-32-24)38-20-9-6-18(7-10-20)34-26(37)35-19-8-11-23(28)22(15-19)27(29,30)31;1-3-5-7-6-4-2/h6-12,14-16H,1,3-5,13H2,2H3,(H,33,36)(H2,34,35,37);1H,2H3. The van der Waals surface area contributed by atoms with Crippen LogP contribution >= 0.6 is 11.6 Å². The quantitative estimate of drug-likeness (QED) is 0.119. The van der Waals surface area contributed by atoms with Crippen molar-refractivity contribution in [3.8, 4) is 47.5 Å². The summed E-state index contributed by atoms with van der Waals surface area (Å²) in [5.74, 6) is 12.5. The molecule has 0 unspecified atom stereocenters. The number of carbonyl (C=O) groups excluding carboxylic acids is 2. The van der Waals surface area contributed by atoms with Crippen molar-refractivity contribution in [2.24, 2.45) is 0 Å². The number of nitrogens with zero attached hydrogens (tertiary/aromatic N) is 1. The lowest BCUT2D eigenvalue weighted by atomic mass is 10.1. The predicted molar refractivity (Wildman–Crippen MR) is 171 cm³/mol. The highest BCUT2D eigenvalue weighted by Crippen LogP contribution is 2.36. The summed E-state index contributed by atoms with van der Waals surface area (Å²) in [5, 5.41) is 7.23. The van der Waals surface area contributed by atoms with Gasteiger partial charge in [0.1, 0.15) is 17.2 Å². The number of hydrogen-bond acceptors (Lipinski definition) is 4. The monoisotopic (exact) mass is 634 g/mol. The number of anilines is 2. The smallest absolute Gasteiger partial charge is 0.417 e. The molecule has 1 heterocycles. The highest BCUT2D eigenvalue weighted by atomic mass is 35.5. The highest BCUT2D eigenvalue weighted by Gasteiger charge is 2.33. The van der Waals surface area contributed by atoms with Gasteiger partial charge in [-0.05, 0) is 105 Å². The van der Waals surface area contributed by atoms with Crippen molar-refractivity contribution < 1.29 is 27.5 Å². The van der Waals surface area contributed by atoms with Crippen LogP contribution in [0.5, 0.6) is 11.5 Å². The molecular formula is C34H30ClF3N4O3. The number of benzene rings is 2. The van der Waals surface area contributed by atoms with Crippen molar-refractivity contribution in [3.05, 3.63) is 89.2 Å². The van der Waals surface area contributed by atoms with Crippen molar-refractivity contribution in [1.82, 2.24) is 10.3 Å². The first-order valence-corrected chi connectivity index (χ1v) is 13.8. The number of carbonyl (C=O) groups is 2. The largest absolute Gasteiger partial charge is 0.457 e. The zero-order chi connectivity index (χ0) is 33.2. The van der Waals surface area contributed by atoms with Crippen LogP contribution in [0.4, 0.5) is 29.3 Å². The van der Waals surface area contributed by atoms with Gasteiger partial charge in [0.25, 0.3) is 5.91 Å². The number of hydrogen-bond donors (Lipinski definition) is 3. The number of unbranched alkanes of at least 4 members (excludes halogenated alkanes) is 1. The first kappa shape index (κ1) is 35.8. The minimum absolute atomic E-state index is 0.0661. The molecule has 7 nitrogen and oxygen atoms in total. The first-order valence-electron chi connectivity index (χ1n) is 13.4. The molecule has 0 atom stereocenters. The molecule has 0 aliphatic carbocycles. The van der Waals surface area contributed by atoms with Gasteiger partial charge in [-0.15, -0.1) is 13.0 Å². The summed E-state index contributed by atoms with van der Waals surface area (Å²) in [7, 11) is 0. The van der Waals surface area contributed by atoms with E-state index in [1.807, 2.05) is 6.92 Å². The summed E-state index contributed by atoms with van der Waals surface area (Å²) in [6.07, 6.45) is 4.29. The molecule has 0 fully saturated rings. The van der Waals surface area contributed by atoms with Crippen molar-refractivity contribution in [2.75, 3.05) is 17.2 Å². The van der Waals surface area contributed by atoms with Crippen LogP contribution in [0.2, 0.25) is 5.02 Å². The fourth-order valence-corrected chi connectivity index (χ4v) is 3.65. The molecule has 0 radical (unpaired) electrons. The molecule has 0 saturated heterocycles. The summed E-state index contributed by atoms with van der Waals surface area (Å²) in [5.41, 5.74) is 0.586. The zero-order valence-electron chi connectivity index (χ0n) is 24.6. The number of halogens is 4. The maximum atomic E-state index is 13.0. The topological polar surface area (TPSA) is 92.4 Å². The average molecular weight is 635 g/mol. The van der Waals surface area contributed by atoms with Crippen LogP contribution in [0.3, 0.4) is 0 Å². The van der Waals surface area contributed by atoms with Crippen molar-refractivity contribution >= 4 is 34.9 Å². The second-order valence-corrected chi connectivity index (χ2v) is 9.62. The molecule has 11 heteroatoms. The van der Waals surface area contributed by atoms with Gasteiger partial charge in [-0.2, -0.15) is 13.2 Å². The molecule has 0 aliphatic heterocycles. The fourth-order valence-electron chi connectivity index (χ4n) is 3.43. The van der Waals surface area contributed by atoms with E-state index in [4.69, 9.17) is 22.8 Å². The lowest BCUT2D eigenvalue weighted by molar-refractivity contribution is -0.137. The van der Waals surface area contributed by atoms with E-state index in [-0.39, 0.29) is 17.3 Å². The lowest BCUT2D eigenvalue weighted by Gasteiger charge is -2.12. The van der Waals surface area contributed by atoms with Crippen LogP contribution in [0.1, 0.15) is 49.2 Å². The van der Waals surface area contributed by atoms with Gasteiger partial charge in [0.15, 0.2) is 0 Å². The van der Waals surface area contributed by atoms with E-state index in [9.17, 15) is 22.8 Å². The third kappa shape index (κ3) is 13.6. The molecular weight excluding hydrogens is 605 g/mol. The number of amides is 3.